The van der Waals surface area contributed by atoms with E-state index in [1.807, 2.05) is 0 Å². The largest absolute Gasteiger partial charge is 0.466 e. The van der Waals surface area contributed by atoms with Crippen LogP contribution in [-0.2, 0) is 9.53 Å². The highest BCUT2D eigenvalue weighted by Gasteiger charge is 2.03. The molecule has 2 heteroatoms. The smallest absolute Gasteiger partial charge is 0.330 e. The summed E-state index contributed by atoms with van der Waals surface area (Å²) in [6.45, 7) is 4.50. The summed E-state index contributed by atoms with van der Waals surface area (Å²) >= 11 is 0. The third-order valence-electron chi connectivity index (χ3n) is 4.23. The maximum Gasteiger partial charge on any atom is 0.330 e. The van der Waals surface area contributed by atoms with E-state index in [4.69, 9.17) is 4.74 Å². The Balaban J connectivity index is 3.90. The highest BCUT2D eigenvalue weighted by atomic mass is 16.5. The van der Waals surface area contributed by atoms with Crippen molar-refractivity contribution in [3.05, 3.63) is 11.6 Å². The summed E-state index contributed by atoms with van der Waals surface area (Å²) in [5.74, 6) is -0.188. The van der Waals surface area contributed by atoms with Crippen LogP contribution in [-0.4, -0.2) is 13.1 Å². The SMILES string of the molecule is CCCCCCCCC(=CC(=O)OC)CCCCCCCC. The van der Waals surface area contributed by atoms with Gasteiger partial charge in [0.1, 0.15) is 0 Å². The molecule has 0 rings (SSSR count). The van der Waals surface area contributed by atoms with Gasteiger partial charge in [0.15, 0.2) is 0 Å². The zero-order valence-electron chi connectivity index (χ0n) is 15.3. The monoisotopic (exact) mass is 310 g/mol. The first-order valence-corrected chi connectivity index (χ1v) is 9.52. The summed E-state index contributed by atoms with van der Waals surface area (Å²) in [5.41, 5.74) is 1.29. The van der Waals surface area contributed by atoms with Crippen molar-refractivity contribution >= 4 is 5.97 Å². The molecule has 0 aliphatic carbocycles. The fourth-order valence-electron chi connectivity index (χ4n) is 2.76. The molecule has 0 spiro atoms. The lowest BCUT2D eigenvalue weighted by Gasteiger charge is -2.08. The van der Waals surface area contributed by atoms with Gasteiger partial charge in [-0.1, -0.05) is 83.6 Å². The first-order valence-electron chi connectivity index (χ1n) is 9.52. The minimum absolute atomic E-state index is 0.188. The number of allylic oxidation sites excluding steroid dienone is 1. The number of carbonyl (C=O) groups is 1. The van der Waals surface area contributed by atoms with Gasteiger partial charge in [-0.15, -0.1) is 0 Å². The van der Waals surface area contributed by atoms with Gasteiger partial charge in [0, 0.05) is 6.08 Å². The standard InChI is InChI=1S/C20H38O2/c1-4-6-8-10-12-14-16-19(18-20(21)22-3)17-15-13-11-9-7-5-2/h18H,4-17H2,1-3H3. The molecule has 2 nitrogen and oxygen atoms in total. The molecule has 0 aliphatic rings. The van der Waals surface area contributed by atoms with Crippen molar-refractivity contribution in [3.63, 3.8) is 0 Å². The topological polar surface area (TPSA) is 26.3 Å². The van der Waals surface area contributed by atoms with Crippen LogP contribution in [0.2, 0.25) is 0 Å². The summed E-state index contributed by atoms with van der Waals surface area (Å²) in [5, 5.41) is 0. The lowest BCUT2D eigenvalue weighted by atomic mass is 9.99. The Hall–Kier alpha value is -0.790. The fourth-order valence-corrected chi connectivity index (χ4v) is 2.76. The van der Waals surface area contributed by atoms with Gasteiger partial charge in [-0.2, -0.15) is 0 Å². The first kappa shape index (κ1) is 21.2. The molecule has 0 heterocycles. The van der Waals surface area contributed by atoms with E-state index in [0.29, 0.717) is 0 Å². The van der Waals surface area contributed by atoms with Gasteiger partial charge < -0.3 is 4.74 Å². The molecule has 0 aliphatic heterocycles. The number of hydrogen-bond acceptors (Lipinski definition) is 2. The quantitative estimate of drug-likeness (QED) is 0.194. The van der Waals surface area contributed by atoms with E-state index in [-0.39, 0.29) is 5.97 Å². The van der Waals surface area contributed by atoms with Crippen molar-refractivity contribution in [1.82, 2.24) is 0 Å². The van der Waals surface area contributed by atoms with Crippen molar-refractivity contribution < 1.29 is 9.53 Å². The Morgan fingerprint density at radius 3 is 1.55 bits per heavy atom. The lowest BCUT2D eigenvalue weighted by Crippen LogP contribution is -1.98. The van der Waals surface area contributed by atoms with Crippen molar-refractivity contribution in [2.75, 3.05) is 7.11 Å². The molecule has 0 N–H and O–H groups in total. The second-order valence-electron chi connectivity index (χ2n) is 6.36. The molecule has 0 aromatic heterocycles. The van der Waals surface area contributed by atoms with E-state index in [2.05, 4.69) is 13.8 Å². The van der Waals surface area contributed by atoms with Crippen molar-refractivity contribution in [3.8, 4) is 0 Å². The van der Waals surface area contributed by atoms with E-state index in [9.17, 15) is 4.79 Å². The van der Waals surface area contributed by atoms with Gasteiger partial charge in [-0.05, 0) is 25.7 Å². The number of ether oxygens (including phenoxy) is 1. The molecule has 0 unspecified atom stereocenters. The molecule has 0 bridgehead atoms. The van der Waals surface area contributed by atoms with Gasteiger partial charge in [-0.25, -0.2) is 4.79 Å². The highest BCUT2D eigenvalue weighted by Crippen LogP contribution is 2.18. The molecular formula is C20H38O2. The number of carbonyl (C=O) groups excluding carboxylic acids is 1. The molecule has 0 saturated carbocycles. The van der Waals surface area contributed by atoms with Crippen molar-refractivity contribution in [2.45, 2.75) is 104 Å². The summed E-state index contributed by atoms with van der Waals surface area (Å²) in [4.78, 5) is 11.5. The van der Waals surface area contributed by atoms with Crippen LogP contribution in [0, 0.1) is 0 Å². The molecule has 0 aromatic rings. The molecule has 0 fully saturated rings. The predicted octanol–water partition coefficient (Wildman–Crippen LogP) is 6.59. The fraction of sp³-hybridized carbons (Fsp3) is 0.850. The van der Waals surface area contributed by atoms with E-state index < -0.39 is 0 Å². The van der Waals surface area contributed by atoms with Crippen molar-refractivity contribution in [2.24, 2.45) is 0 Å². The van der Waals surface area contributed by atoms with Gasteiger partial charge in [0.2, 0.25) is 0 Å². The van der Waals surface area contributed by atoms with E-state index >= 15 is 0 Å². The highest BCUT2D eigenvalue weighted by molar-refractivity contribution is 5.82. The first-order chi connectivity index (χ1) is 10.7. The molecule has 0 aromatic carbocycles. The summed E-state index contributed by atoms with van der Waals surface area (Å²) in [6, 6.07) is 0. The molecule has 0 radical (unpaired) electrons. The minimum Gasteiger partial charge on any atom is -0.466 e. The van der Waals surface area contributed by atoms with Gasteiger partial charge in [0.25, 0.3) is 0 Å². The van der Waals surface area contributed by atoms with E-state index in [1.165, 1.54) is 89.7 Å². The van der Waals surface area contributed by atoms with E-state index in [1.54, 1.807) is 6.08 Å². The summed E-state index contributed by atoms with van der Waals surface area (Å²) in [6.07, 6.45) is 19.5. The maximum absolute atomic E-state index is 11.5. The predicted molar refractivity (Wildman–Crippen MR) is 96.1 cm³/mol. The van der Waals surface area contributed by atoms with Crippen LogP contribution < -0.4 is 0 Å². The molecule has 22 heavy (non-hydrogen) atoms. The maximum atomic E-state index is 11.5. The number of hydrogen-bond donors (Lipinski definition) is 0. The lowest BCUT2D eigenvalue weighted by molar-refractivity contribution is -0.134. The second-order valence-corrected chi connectivity index (χ2v) is 6.36. The van der Waals surface area contributed by atoms with Crippen LogP contribution in [0.4, 0.5) is 0 Å². The van der Waals surface area contributed by atoms with Crippen LogP contribution in [0.15, 0.2) is 11.6 Å². The van der Waals surface area contributed by atoms with Gasteiger partial charge >= 0.3 is 5.97 Å². The van der Waals surface area contributed by atoms with Crippen molar-refractivity contribution in [1.29, 1.82) is 0 Å². The number of unbranched alkanes of at least 4 members (excludes halogenated alkanes) is 10. The average molecular weight is 311 g/mol. The summed E-state index contributed by atoms with van der Waals surface area (Å²) in [7, 11) is 1.46. The van der Waals surface area contributed by atoms with Crippen LogP contribution in [0.3, 0.4) is 0 Å². The molecule has 0 amide bonds. The summed E-state index contributed by atoms with van der Waals surface area (Å²) < 4.78 is 4.78. The van der Waals surface area contributed by atoms with Crippen LogP contribution in [0.25, 0.3) is 0 Å². The number of esters is 1. The van der Waals surface area contributed by atoms with E-state index in [0.717, 1.165) is 12.8 Å². The normalized spacial score (nSPS) is 10.5. The minimum atomic E-state index is -0.188. The molecular weight excluding hydrogens is 272 g/mol. The third kappa shape index (κ3) is 14.2. The Kier molecular flexibility index (Phi) is 16.0. The van der Waals surface area contributed by atoms with Gasteiger partial charge in [-0.3, -0.25) is 0 Å². The van der Waals surface area contributed by atoms with Gasteiger partial charge in [0.05, 0.1) is 7.11 Å². The Morgan fingerprint density at radius 1 is 0.727 bits per heavy atom. The number of rotatable bonds is 15. The van der Waals surface area contributed by atoms with Crippen LogP contribution >= 0.6 is 0 Å². The second kappa shape index (κ2) is 16.6. The van der Waals surface area contributed by atoms with Crippen LogP contribution in [0.1, 0.15) is 104 Å². The van der Waals surface area contributed by atoms with Crippen LogP contribution in [0.5, 0.6) is 0 Å². The molecule has 0 saturated heterocycles. The molecule has 0 atom stereocenters. The Morgan fingerprint density at radius 2 is 1.14 bits per heavy atom. The average Bonchev–Trinajstić information content (AvgIpc) is 2.53. The third-order valence-corrected chi connectivity index (χ3v) is 4.23. The molecule has 130 valence electrons. The Labute approximate surface area is 138 Å². The number of methoxy groups -OCH3 is 1. The Bertz CT molecular complexity index is 263. The zero-order valence-corrected chi connectivity index (χ0v) is 15.3. The zero-order chi connectivity index (χ0) is 16.5.